The summed E-state index contributed by atoms with van der Waals surface area (Å²) in [5, 5.41) is 15.5. The van der Waals surface area contributed by atoms with Crippen LogP contribution in [0.5, 0.6) is 0 Å². The second-order valence-corrected chi connectivity index (χ2v) is 8.21. The Kier molecular flexibility index (Phi) is 5.78. The molecule has 2 aromatic carbocycles. The molecule has 1 aromatic heterocycles. The number of thioether (sulfide) groups is 1. The normalized spacial score (nSPS) is 15.2. The highest BCUT2D eigenvalue weighted by Gasteiger charge is 2.32. The van der Waals surface area contributed by atoms with Gasteiger partial charge in [0.05, 0.1) is 16.3 Å². The molecule has 150 valence electrons. The first-order chi connectivity index (χ1) is 14.5. The summed E-state index contributed by atoms with van der Waals surface area (Å²) in [6, 6.07) is 19.4. The number of benzene rings is 2. The minimum atomic E-state index is -1.22. The third-order valence-electron chi connectivity index (χ3n) is 4.51. The molecule has 0 spiro atoms. The highest BCUT2D eigenvalue weighted by Crippen LogP contribution is 2.34. The van der Waals surface area contributed by atoms with Gasteiger partial charge in [-0.15, -0.1) is 0 Å². The van der Waals surface area contributed by atoms with E-state index in [-0.39, 0.29) is 18.9 Å². The first-order valence-corrected chi connectivity index (χ1v) is 10.4. The third-order valence-corrected chi connectivity index (χ3v) is 5.89. The average Bonchev–Trinajstić information content (AvgIpc) is 3.29. The molecule has 0 radical (unpaired) electrons. The van der Waals surface area contributed by atoms with Crippen molar-refractivity contribution in [3.63, 3.8) is 0 Å². The van der Waals surface area contributed by atoms with E-state index in [0.717, 1.165) is 34.3 Å². The SMILES string of the molecule is O=C([O-])CCN1C(=O)/C(=C\c2cn(-c3ccccc3)nc2-c2ccccc2)SC1=S. The van der Waals surface area contributed by atoms with Gasteiger partial charge in [0.1, 0.15) is 4.32 Å². The van der Waals surface area contributed by atoms with Crippen molar-refractivity contribution < 1.29 is 14.7 Å². The Morgan fingerprint density at radius 1 is 1.10 bits per heavy atom. The second-order valence-electron chi connectivity index (χ2n) is 6.53. The molecule has 1 amide bonds. The molecule has 0 atom stereocenters. The minimum absolute atomic E-state index is 0.000834. The highest BCUT2D eigenvalue weighted by atomic mass is 32.2. The molecule has 30 heavy (non-hydrogen) atoms. The smallest absolute Gasteiger partial charge is 0.266 e. The van der Waals surface area contributed by atoms with Gasteiger partial charge in [0.25, 0.3) is 5.91 Å². The van der Waals surface area contributed by atoms with E-state index < -0.39 is 5.97 Å². The van der Waals surface area contributed by atoms with Gasteiger partial charge in [-0.3, -0.25) is 9.69 Å². The number of carboxylic acids is 1. The van der Waals surface area contributed by atoms with Crippen molar-refractivity contribution in [2.45, 2.75) is 6.42 Å². The lowest BCUT2D eigenvalue weighted by atomic mass is 10.1. The predicted octanol–water partition coefficient (Wildman–Crippen LogP) is 2.88. The number of hydrogen-bond donors (Lipinski definition) is 0. The van der Waals surface area contributed by atoms with Gasteiger partial charge < -0.3 is 9.90 Å². The van der Waals surface area contributed by atoms with Crippen LogP contribution in [0.2, 0.25) is 0 Å². The van der Waals surface area contributed by atoms with Crippen LogP contribution in [0.4, 0.5) is 0 Å². The Hall–Kier alpha value is -3.23. The molecule has 1 saturated heterocycles. The molecule has 0 unspecified atom stereocenters. The largest absolute Gasteiger partial charge is 0.550 e. The molecule has 8 heteroatoms. The number of aromatic nitrogens is 2. The summed E-state index contributed by atoms with van der Waals surface area (Å²) in [6.45, 7) is -0.000834. The number of carbonyl (C=O) groups is 2. The molecule has 1 fully saturated rings. The van der Waals surface area contributed by atoms with Crippen molar-refractivity contribution in [2.75, 3.05) is 6.54 Å². The quantitative estimate of drug-likeness (QED) is 0.439. The van der Waals surface area contributed by atoms with Crippen LogP contribution in [0.1, 0.15) is 12.0 Å². The summed E-state index contributed by atoms with van der Waals surface area (Å²) in [5.41, 5.74) is 3.33. The maximum atomic E-state index is 12.8. The van der Waals surface area contributed by atoms with Crippen LogP contribution in [0.25, 0.3) is 23.0 Å². The van der Waals surface area contributed by atoms with Gasteiger partial charge in [-0.05, 0) is 18.2 Å². The Morgan fingerprint density at radius 2 is 1.77 bits per heavy atom. The van der Waals surface area contributed by atoms with Crippen molar-refractivity contribution in [3.05, 3.63) is 77.3 Å². The van der Waals surface area contributed by atoms with Gasteiger partial charge in [-0.2, -0.15) is 5.10 Å². The number of para-hydroxylation sites is 1. The molecule has 2 heterocycles. The summed E-state index contributed by atoms with van der Waals surface area (Å²) in [4.78, 5) is 25.3. The Bertz CT molecular complexity index is 1140. The van der Waals surface area contributed by atoms with Gasteiger partial charge in [0.15, 0.2) is 0 Å². The fourth-order valence-corrected chi connectivity index (χ4v) is 4.36. The van der Waals surface area contributed by atoms with E-state index in [2.05, 4.69) is 0 Å². The van der Waals surface area contributed by atoms with E-state index in [4.69, 9.17) is 17.3 Å². The van der Waals surface area contributed by atoms with Crippen molar-refractivity contribution >= 4 is 46.3 Å². The van der Waals surface area contributed by atoms with Crippen LogP contribution in [-0.2, 0) is 9.59 Å². The van der Waals surface area contributed by atoms with E-state index in [1.807, 2.05) is 66.9 Å². The lowest BCUT2D eigenvalue weighted by Gasteiger charge is -2.14. The zero-order valence-corrected chi connectivity index (χ0v) is 17.4. The molecule has 6 nitrogen and oxygen atoms in total. The summed E-state index contributed by atoms with van der Waals surface area (Å²) in [5.74, 6) is -1.53. The second kappa shape index (κ2) is 8.64. The Balaban J connectivity index is 1.73. The molecule has 4 rings (SSSR count). The zero-order valence-electron chi connectivity index (χ0n) is 15.7. The van der Waals surface area contributed by atoms with Crippen molar-refractivity contribution in [3.8, 4) is 16.9 Å². The van der Waals surface area contributed by atoms with E-state index in [1.54, 1.807) is 10.8 Å². The lowest BCUT2D eigenvalue weighted by molar-refractivity contribution is -0.305. The van der Waals surface area contributed by atoms with Gasteiger partial charge in [0, 0.05) is 36.3 Å². The van der Waals surface area contributed by atoms with Crippen molar-refractivity contribution in [1.82, 2.24) is 14.7 Å². The van der Waals surface area contributed by atoms with Gasteiger partial charge in [0.2, 0.25) is 0 Å². The van der Waals surface area contributed by atoms with Crippen LogP contribution in [0, 0.1) is 0 Å². The summed E-state index contributed by atoms with van der Waals surface area (Å²) in [6.07, 6.45) is 3.36. The maximum absolute atomic E-state index is 12.8. The first-order valence-electron chi connectivity index (χ1n) is 9.18. The van der Waals surface area contributed by atoms with Crippen LogP contribution < -0.4 is 5.11 Å². The maximum Gasteiger partial charge on any atom is 0.266 e. The minimum Gasteiger partial charge on any atom is -0.550 e. The fraction of sp³-hybridized carbons (Fsp3) is 0.0909. The van der Waals surface area contributed by atoms with Crippen LogP contribution in [0.15, 0.2) is 71.8 Å². The predicted molar refractivity (Wildman–Crippen MR) is 119 cm³/mol. The van der Waals surface area contributed by atoms with E-state index in [9.17, 15) is 14.7 Å². The molecular formula is C22H16N3O3S2-. The molecule has 0 N–H and O–H groups in total. The number of rotatable bonds is 6. The van der Waals surface area contributed by atoms with E-state index >= 15 is 0 Å². The average molecular weight is 435 g/mol. The summed E-state index contributed by atoms with van der Waals surface area (Å²) < 4.78 is 2.11. The number of carboxylic acid groups (broad SMARTS) is 1. The number of thiocarbonyl (C=S) groups is 1. The molecule has 3 aromatic rings. The number of nitrogens with zero attached hydrogens (tertiary/aromatic N) is 3. The topological polar surface area (TPSA) is 78.3 Å². The summed E-state index contributed by atoms with van der Waals surface area (Å²) >= 11 is 6.42. The van der Waals surface area contributed by atoms with E-state index in [1.165, 1.54) is 4.90 Å². The highest BCUT2D eigenvalue weighted by molar-refractivity contribution is 8.26. The number of aliphatic carboxylic acids is 1. The Morgan fingerprint density at radius 3 is 2.43 bits per heavy atom. The third kappa shape index (κ3) is 4.19. The summed E-state index contributed by atoms with van der Waals surface area (Å²) in [7, 11) is 0. The van der Waals surface area contributed by atoms with Gasteiger partial charge in [-0.1, -0.05) is 72.5 Å². The molecule has 0 bridgehead atoms. The molecule has 1 aliphatic heterocycles. The number of hydrogen-bond acceptors (Lipinski definition) is 6. The first kappa shape index (κ1) is 20.1. The van der Waals surface area contributed by atoms with Crippen LogP contribution in [0.3, 0.4) is 0 Å². The lowest BCUT2D eigenvalue weighted by Crippen LogP contribution is -2.33. The standard InChI is InChI=1S/C22H17N3O3S2/c26-19(27)11-12-24-21(28)18(30-22(24)29)13-16-14-25(17-9-5-2-6-10-17)23-20(16)15-7-3-1-4-8-15/h1-10,13-14H,11-12H2,(H,26,27)/p-1/b18-13+. The van der Waals surface area contributed by atoms with Crippen LogP contribution >= 0.6 is 24.0 Å². The van der Waals surface area contributed by atoms with Crippen molar-refractivity contribution in [1.29, 1.82) is 0 Å². The van der Waals surface area contributed by atoms with Gasteiger partial charge >= 0.3 is 0 Å². The number of carbonyl (C=O) groups excluding carboxylic acids is 2. The van der Waals surface area contributed by atoms with E-state index in [0.29, 0.717) is 9.23 Å². The Labute approximate surface area is 182 Å². The number of amides is 1. The molecule has 0 aliphatic carbocycles. The monoisotopic (exact) mass is 434 g/mol. The molecule has 0 saturated carbocycles. The van der Waals surface area contributed by atoms with Crippen molar-refractivity contribution in [2.24, 2.45) is 0 Å². The molecular weight excluding hydrogens is 418 g/mol. The zero-order chi connectivity index (χ0) is 21.1. The molecule has 1 aliphatic rings. The fourth-order valence-electron chi connectivity index (χ4n) is 3.06. The van der Waals surface area contributed by atoms with Gasteiger partial charge in [-0.25, -0.2) is 4.68 Å². The van der Waals surface area contributed by atoms with Crippen LogP contribution in [-0.4, -0.2) is 37.4 Å².